The number of esters is 1. The minimum atomic E-state index is -0.360. The number of carbonyl (C=O) groups is 1. The molecule has 0 N–H and O–H groups in total. The Labute approximate surface area is 165 Å². The van der Waals surface area contributed by atoms with Gasteiger partial charge in [-0.3, -0.25) is 4.79 Å². The van der Waals surface area contributed by atoms with Crippen LogP contribution in [0.25, 0.3) is 0 Å². The van der Waals surface area contributed by atoms with Crippen molar-refractivity contribution in [2.24, 2.45) is 17.3 Å². The lowest BCUT2D eigenvalue weighted by molar-refractivity contribution is -0.256. The van der Waals surface area contributed by atoms with Crippen LogP contribution >= 0.6 is 12.2 Å². The molecule has 1 saturated heterocycles. The number of rotatable bonds is 6. The molecular formula is C20H26O6S. The number of thiocarbonyl (C=S) groups is 1. The highest BCUT2D eigenvalue weighted by atomic mass is 32.1. The average Bonchev–Trinajstić information content (AvgIpc) is 2.62. The van der Waals surface area contributed by atoms with Crippen molar-refractivity contribution < 1.29 is 28.5 Å². The summed E-state index contributed by atoms with van der Waals surface area (Å²) in [6, 6.07) is 7.60. The second-order valence-corrected chi connectivity index (χ2v) is 8.09. The summed E-state index contributed by atoms with van der Waals surface area (Å²) in [5.74, 6) is 0.433. The fraction of sp³-hybridized carbons (Fsp3) is 0.600. The van der Waals surface area contributed by atoms with E-state index in [1.807, 2.05) is 45.0 Å². The minimum absolute atomic E-state index is 0.00778. The predicted octanol–water partition coefficient (Wildman–Crippen LogP) is 3.25. The summed E-state index contributed by atoms with van der Waals surface area (Å²) in [6.07, 6.45) is -0.140. The summed E-state index contributed by atoms with van der Waals surface area (Å²) in [6.45, 7) is 6.63. The molecule has 0 bridgehead atoms. The summed E-state index contributed by atoms with van der Waals surface area (Å²) < 4.78 is 27.7. The van der Waals surface area contributed by atoms with E-state index in [4.69, 9.17) is 35.9 Å². The maximum absolute atomic E-state index is 12.0. The third-order valence-electron chi connectivity index (χ3n) is 5.38. The van der Waals surface area contributed by atoms with Crippen molar-refractivity contribution in [3.05, 3.63) is 29.8 Å². The van der Waals surface area contributed by atoms with E-state index in [2.05, 4.69) is 0 Å². The van der Waals surface area contributed by atoms with Crippen molar-refractivity contribution in [1.82, 2.24) is 0 Å². The zero-order chi connectivity index (χ0) is 19.6. The van der Waals surface area contributed by atoms with Gasteiger partial charge in [-0.25, -0.2) is 0 Å². The molecule has 1 aromatic carbocycles. The monoisotopic (exact) mass is 394 g/mol. The zero-order valence-corrected chi connectivity index (χ0v) is 16.9. The Hall–Kier alpha value is -1.70. The normalized spacial score (nSPS) is 28.5. The molecule has 0 spiro atoms. The lowest BCUT2D eigenvalue weighted by Gasteiger charge is -2.59. The molecule has 0 radical (unpaired) electrons. The van der Waals surface area contributed by atoms with Gasteiger partial charge in [-0.2, -0.15) is 0 Å². The fourth-order valence-corrected chi connectivity index (χ4v) is 4.17. The molecule has 0 unspecified atom stereocenters. The van der Waals surface area contributed by atoms with Crippen molar-refractivity contribution in [2.75, 3.05) is 20.5 Å². The Morgan fingerprint density at radius 1 is 1.30 bits per heavy atom. The highest BCUT2D eigenvalue weighted by molar-refractivity contribution is 7.79. The number of methoxy groups -OCH3 is 1. The Bertz CT molecular complexity index is 686. The van der Waals surface area contributed by atoms with Gasteiger partial charge in [-0.05, 0) is 19.1 Å². The van der Waals surface area contributed by atoms with Crippen LogP contribution in [0.2, 0.25) is 0 Å². The van der Waals surface area contributed by atoms with Crippen LogP contribution in [0.15, 0.2) is 24.3 Å². The summed E-state index contributed by atoms with van der Waals surface area (Å²) >= 11 is 5.31. The quantitative estimate of drug-likeness (QED) is 0.318. The molecule has 1 saturated carbocycles. The Balaban J connectivity index is 1.66. The van der Waals surface area contributed by atoms with Gasteiger partial charge in [0.15, 0.2) is 0 Å². The van der Waals surface area contributed by atoms with Gasteiger partial charge < -0.3 is 23.7 Å². The van der Waals surface area contributed by atoms with E-state index >= 15 is 0 Å². The fourth-order valence-electron chi connectivity index (χ4n) is 3.97. The molecule has 1 aromatic rings. The SMILES string of the molecule is COCOC[C@H]1CC(=O)O[C@H]2[C@@H]1[C@H](OC(=S)Oc1ccc(C)cc1)C2(C)C. The molecule has 1 aliphatic carbocycles. The topological polar surface area (TPSA) is 63.2 Å². The number of carbonyl (C=O) groups excluding carboxylic acids is 1. The van der Waals surface area contributed by atoms with E-state index < -0.39 is 0 Å². The van der Waals surface area contributed by atoms with Gasteiger partial charge in [0.1, 0.15) is 24.8 Å². The maximum Gasteiger partial charge on any atom is 0.358 e. The van der Waals surface area contributed by atoms with Gasteiger partial charge >= 0.3 is 11.2 Å². The number of hydrogen-bond donors (Lipinski definition) is 0. The minimum Gasteiger partial charge on any atom is -0.461 e. The summed E-state index contributed by atoms with van der Waals surface area (Å²) in [7, 11) is 1.57. The Morgan fingerprint density at radius 3 is 2.67 bits per heavy atom. The largest absolute Gasteiger partial charge is 0.461 e. The van der Waals surface area contributed by atoms with Gasteiger partial charge in [-0.15, -0.1) is 0 Å². The van der Waals surface area contributed by atoms with Gasteiger partial charge in [0, 0.05) is 36.6 Å². The van der Waals surface area contributed by atoms with Crippen LogP contribution in [0, 0.1) is 24.2 Å². The van der Waals surface area contributed by atoms with E-state index in [0.717, 1.165) is 5.56 Å². The second kappa shape index (κ2) is 8.12. The predicted molar refractivity (Wildman–Crippen MR) is 102 cm³/mol. The lowest BCUT2D eigenvalue weighted by Crippen LogP contribution is -2.69. The van der Waals surface area contributed by atoms with Gasteiger partial charge in [0.05, 0.1) is 13.0 Å². The molecule has 148 valence electrons. The van der Waals surface area contributed by atoms with Crippen molar-refractivity contribution in [1.29, 1.82) is 0 Å². The first-order valence-electron chi connectivity index (χ1n) is 9.04. The molecule has 0 amide bonds. The first-order valence-corrected chi connectivity index (χ1v) is 9.45. The first kappa shape index (κ1) is 20.0. The standard InChI is InChI=1S/C20H26O6S/c1-12-5-7-14(8-6-12)24-19(27)26-18-16-13(10-23-11-22-4)9-15(21)25-17(16)20(18,2)3/h5-8,13,16-18H,9-11H2,1-4H3/t13-,16-,17+,18+/m1/s1. The lowest BCUT2D eigenvalue weighted by atomic mass is 9.53. The second-order valence-electron chi connectivity index (χ2n) is 7.75. The van der Waals surface area contributed by atoms with E-state index in [9.17, 15) is 4.79 Å². The number of ether oxygens (including phenoxy) is 5. The average molecular weight is 394 g/mol. The van der Waals surface area contributed by atoms with Gasteiger partial charge in [0.2, 0.25) is 0 Å². The zero-order valence-electron chi connectivity index (χ0n) is 16.1. The van der Waals surface area contributed by atoms with Crippen LogP contribution in [0.1, 0.15) is 25.8 Å². The smallest absolute Gasteiger partial charge is 0.358 e. The van der Waals surface area contributed by atoms with Gasteiger partial charge in [0.25, 0.3) is 0 Å². The summed E-state index contributed by atoms with van der Waals surface area (Å²) in [4.78, 5) is 12.0. The summed E-state index contributed by atoms with van der Waals surface area (Å²) in [5.41, 5.74) is 0.779. The van der Waals surface area contributed by atoms with Crippen LogP contribution in [0.5, 0.6) is 5.75 Å². The number of fused-ring (bicyclic) bond motifs is 1. The van der Waals surface area contributed by atoms with Crippen LogP contribution in [-0.2, 0) is 23.7 Å². The van der Waals surface area contributed by atoms with Crippen LogP contribution in [-0.4, -0.2) is 43.9 Å². The Kier molecular flexibility index (Phi) is 6.03. The Morgan fingerprint density at radius 2 is 2.00 bits per heavy atom. The third kappa shape index (κ3) is 4.25. The molecule has 27 heavy (non-hydrogen) atoms. The van der Waals surface area contributed by atoms with E-state index in [1.54, 1.807) is 7.11 Å². The van der Waals surface area contributed by atoms with Gasteiger partial charge in [-0.1, -0.05) is 31.5 Å². The molecule has 1 heterocycles. The molecule has 6 nitrogen and oxygen atoms in total. The van der Waals surface area contributed by atoms with E-state index in [1.165, 1.54) is 0 Å². The maximum atomic E-state index is 12.0. The molecule has 2 aliphatic rings. The number of benzene rings is 1. The van der Waals surface area contributed by atoms with Crippen molar-refractivity contribution in [3.63, 3.8) is 0 Å². The molecule has 4 atom stereocenters. The third-order valence-corrected chi connectivity index (χ3v) is 5.56. The number of aryl methyl sites for hydroxylation is 1. The van der Waals surface area contributed by atoms with Crippen molar-refractivity contribution >= 4 is 23.4 Å². The molecule has 7 heteroatoms. The molecule has 2 fully saturated rings. The van der Waals surface area contributed by atoms with Crippen molar-refractivity contribution in [2.45, 2.75) is 39.4 Å². The van der Waals surface area contributed by atoms with E-state index in [0.29, 0.717) is 18.8 Å². The number of hydrogen-bond acceptors (Lipinski definition) is 7. The molecule has 0 aromatic heterocycles. The molecule has 3 rings (SSSR count). The molecular weight excluding hydrogens is 368 g/mol. The highest BCUT2D eigenvalue weighted by Crippen LogP contribution is 2.55. The van der Waals surface area contributed by atoms with Crippen LogP contribution < -0.4 is 4.74 Å². The molecule has 1 aliphatic heterocycles. The van der Waals surface area contributed by atoms with Crippen LogP contribution in [0.4, 0.5) is 0 Å². The van der Waals surface area contributed by atoms with E-state index in [-0.39, 0.29) is 47.5 Å². The summed E-state index contributed by atoms with van der Waals surface area (Å²) in [5, 5.41) is 0.0730. The van der Waals surface area contributed by atoms with Crippen molar-refractivity contribution in [3.8, 4) is 5.75 Å². The van der Waals surface area contributed by atoms with Crippen LogP contribution in [0.3, 0.4) is 0 Å². The first-order chi connectivity index (χ1) is 12.8. The highest BCUT2D eigenvalue weighted by Gasteiger charge is 2.65.